The zero-order chi connectivity index (χ0) is 34.2. The summed E-state index contributed by atoms with van der Waals surface area (Å²) in [6.45, 7) is 0. The smallest absolute Gasteiger partial charge is 0.151 e. The molecule has 0 saturated carbocycles. The van der Waals surface area contributed by atoms with Gasteiger partial charge in [-0.15, -0.1) is 0 Å². The molecule has 0 saturated heterocycles. The van der Waals surface area contributed by atoms with E-state index in [1.165, 1.54) is 50.2 Å². The molecule has 0 fully saturated rings. The van der Waals surface area contributed by atoms with Gasteiger partial charge in [0.1, 0.15) is 0 Å². The molecular formula is C49H32N2O. The van der Waals surface area contributed by atoms with Crippen molar-refractivity contribution in [1.82, 2.24) is 0 Å². The topological polar surface area (TPSA) is 15.7 Å². The predicted octanol–water partition coefficient (Wildman–Crippen LogP) is 13.1. The van der Waals surface area contributed by atoms with Gasteiger partial charge in [0, 0.05) is 17.1 Å². The number of nitrogens with zero attached hydrogens (tertiary/aromatic N) is 2. The molecule has 244 valence electrons. The Bertz CT molecular complexity index is 2670. The molecule has 0 N–H and O–H groups in total. The molecule has 8 aromatic carbocycles. The Morgan fingerprint density at radius 2 is 0.962 bits per heavy atom. The minimum absolute atomic E-state index is 0.574. The molecule has 0 amide bonds. The minimum Gasteiger partial charge on any atom is -0.453 e. The van der Waals surface area contributed by atoms with Gasteiger partial charge in [0.05, 0.1) is 22.5 Å². The summed E-state index contributed by atoms with van der Waals surface area (Å²) in [5.74, 6) is 1.74. The highest BCUT2D eigenvalue weighted by Gasteiger charge is 2.53. The largest absolute Gasteiger partial charge is 0.453 e. The third-order valence-electron chi connectivity index (χ3n) is 11.0. The van der Waals surface area contributed by atoms with Gasteiger partial charge in [0.25, 0.3) is 0 Å². The minimum atomic E-state index is -0.574. The predicted molar refractivity (Wildman–Crippen MR) is 212 cm³/mol. The lowest BCUT2D eigenvalue weighted by Crippen LogP contribution is -2.37. The van der Waals surface area contributed by atoms with Crippen LogP contribution in [0, 0.1) is 0 Å². The Morgan fingerprint density at radius 3 is 1.79 bits per heavy atom. The first-order valence-electron chi connectivity index (χ1n) is 17.9. The van der Waals surface area contributed by atoms with Crippen molar-refractivity contribution in [2.24, 2.45) is 0 Å². The van der Waals surface area contributed by atoms with Crippen LogP contribution in [0.25, 0.3) is 22.3 Å². The third kappa shape index (κ3) is 3.96. The number of para-hydroxylation sites is 5. The fourth-order valence-electron chi connectivity index (χ4n) is 8.93. The van der Waals surface area contributed by atoms with Crippen molar-refractivity contribution in [3.8, 4) is 33.8 Å². The highest BCUT2D eigenvalue weighted by molar-refractivity contribution is 6.00. The Kier molecular flexibility index (Phi) is 6.17. The molecule has 2 heterocycles. The molecule has 0 bridgehead atoms. The maximum Gasteiger partial charge on any atom is 0.151 e. The van der Waals surface area contributed by atoms with E-state index in [0.29, 0.717) is 0 Å². The van der Waals surface area contributed by atoms with Gasteiger partial charge in [-0.3, -0.25) is 0 Å². The van der Waals surface area contributed by atoms with Crippen molar-refractivity contribution in [2.45, 2.75) is 5.41 Å². The van der Waals surface area contributed by atoms with Gasteiger partial charge in [0.15, 0.2) is 11.5 Å². The van der Waals surface area contributed by atoms with E-state index in [2.05, 4.69) is 198 Å². The second-order valence-electron chi connectivity index (χ2n) is 13.7. The van der Waals surface area contributed by atoms with Gasteiger partial charge in [-0.1, -0.05) is 133 Å². The number of rotatable bonds is 4. The molecule has 1 atom stereocenters. The van der Waals surface area contributed by atoms with Gasteiger partial charge in [-0.05, 0) is 105 Å². The number of hydrogen-bond donors (Lipinski definition) is 0. The van der Waals surface area contributed by atoms with E-state index in [1.807, 2.05) is 6.07 Å². The normalized spacial score (nSPS) is 15.5. The van der Waals surface area contributed by atoms with E-state index in [9.17, 15) is 0 Å². The summed E-state index contributed by atoms with van der Waals surface area (Å²) in [7, 11) is 0. The molecule has 2 aliphatic heterocycles. The summed E-state index contributed by atoms with van der Waals surface area (Å²) in [6.07, 6.45) is 0. The quantitative estimate of drug-likeness (QED) is 0.186. The van der Waals surface area contributed by atoms with Crippen LogP contribution in [0.2, 0.25) is 0 Å². The van der Waals surface area contributed by atoms with Crippen LogP contribution in [-0.4, -0.2) is 0 Å². The first kappa shape index (κ1) is 28.9. The second kappa shape index (κ2) is 11.1. The number of fused-ring (bicyclic) bond motifs is 11. The molecule has 1 aliphatic carbocycles. The van der Waals surface area contributed by atoms with Crippen molar-refractivity contribution in [1.29, 1.82) is 0 Å². The Morgan fingerprint density at radius 1 is 0.385 bits per heavy atom. The summed E-state index contributed by atoms with van der Waals surface area (Å²) in [6, 6.07) is 70.2. The molecule has 52 heavy (non-hydrogen) atoms. The number of anilines is 6. The second-order valence-corrected chi connectivity index (χ2v) is 13.7. The van der Waals surface area contributed by atoms with Crippen LogP contribution in [0.15, 0.2) is 194 Å². The molecule has 0 aromatic heterocycles. The molecule has 1 unspecified atom stereocenters. The van der Waals surface area contributed by atoms with E-state index < -0.39 is 5.41 Å². The summed E-state index contributed by atoms with van der Waals surface area (Å²) in [5.41, 5.74) is 16.0. The standard InChI is InChI=1S/C49H32N2O/c1-3-14-33(15-4-1)34-26-28-36(29-27-34)50(35-16-5-2-6-17-35)37-30-31-39-38-18-7-8-19-40(38)49(43(39)32-37)41-20-9-10-22-44(41)51-45-23-11-12-24-46(45)52-47-25-13-21-42(49)48(47)51/h1-32H. The molecular weight excluding hydrogens is 633 g/mol. The Labute approximate surface area is 303 Å². The first-order valence-corrected chi connectivity index (χ1v) is 17.9. The lowest BCUT2D eigenvalue weighted by atomic mass is 9.64. The third-order valence-corrected chi connectivity index (χ3v) is 11.0. The van der Waals surface area contributed by atoms with E-state index in [-0.39, 0.29) is 0 Å². The zero-order valence-corrected chi connectivity index (χ0v) is 28.3. The van der Waals surface area contributed by atoms with E-state index in [4.69, 9.17) is 4.74 Å². The van der Waals surface area contributed by atoms with Crippen LogP contribution in [0.1, 0.15) is 22.3 Å². The van der Waals surface area contributed by atoms with Crippen molar-refractivity contribution < 1.29 is 4.74 Å². The SMILES string of the molecule is c1ccc(-c2ccc(N(c3ccccc3)c3ccc4c(c3)C3(c5ccccc5-4)c4ccccc4N4c5ccccc5Oc5cccc3c54)cc2)cc1. The van der Waals surface area contributed by atoms with E-state index >= 15 is 0 Å². The Balaban J connectivity index is 1.17. The van der Waals surface area contributed by atoms with Crippen LogP contribution in [0.4, 0.5) is 34.1 Å². The van der Waals surface area contributed by atoms with Crippen molar-refractivity contribution in [3.63, 3.8) is 0 Å². The summed E-state index contributed by atoms with van der Waals surface area (Å²) in [5, 5.41) is 0. The van der Waals surface area contributed by atoms with Crippen molar-refractivity contribution in [3.05, 3.63) is 216 Å². The lowest BCUT2D eigenvalue weighted by Gasteiger charge is -2.47. The summed E-state index contributed by atoms with van der Waals surface area (Å²) >= 11 is 0. The first-order chi connectivity index (χ1) is 25.8. The van der Waals surface area contributed by atoms with Crippen molar-refractivity contribution >= 4 is 34.1 Å². The van der Waals surface area contributed by atoms with Crippen LogP contribution >= 0.6 is 0 Å². The summed E-state index contributed by atoms with van der Waals surface area (Å²) in [4.78, 5) is 4.80. The monoisotopic (exact) mass is 664 g/mol. The fourth-order valence-corrected chi connectivity index (χ4v) is 8.93. The average molecular weight is 665 g/mol. The van der Waals surface area contributed by atoms with Crippen LogP contribution in [0.3, 0.4) is 0 Å². The number of hydrogen-bond acceptors (Lipinski definition) is 3. The molecule has 1 spiro atoms. The maximum absolute atomic E-state index is 6.69. The molecule has 11 rings (SSSR count). The van der Waals surface area contributed by atoms with E-state index in [0.717, 1.165) is 39.9 Å². The van der Waals surface area contributed by atoms with E-state index in [1.54, 1.807) is 0 Å². The molecule has 3 aliphatic rings. The van der Waals surface area contributed by atoms with Gasteiger partial charge < -0.3 is 14.5 Å². The van der Waals surface area contributed by atoms with Crippen LogP contribution in [0.5, 0.6) is 11.5 Å². The van der Waals surface area contributed by atoms with Gasteiger partial charge in [0.2, 0.25) is 0 Å². The molecule has 3 heteroatoms. The zero-order valence-electron chi connectivity index (χ0n) is 28.3. The van der Waals surface area contributed by atoms with Crippen molar-refractivity contribution in [2.75, 3.05) is 9.80 Å². The van der Waals surface area contributed by atoms with Gasteiger partial charge in [-0.25, -0.2) is 0 Å². The van der Waals surface area contributed by atoms with Gasteiger partial charge >= 0.3 is 0 Å². The van der Waals surface area contributed by atoms with Gasteiger partial charge in [-0.2, -0.15) is 0 Å². The van der Waals surface area contributed by atoms with Crippen LogP contribution in [-0.2, 0) is 5.41 Å². The summed E-state index contributed by atoms with van der Waals surface area (Å²) < 4.78 is 6.69. The highest BCUT2D eigenvalue weighted by atomic mass is 16.5. The molecule has 8 aromatic rings. The molecule has 0 radical (unpaired) electrons. The van der Waals surface area contributed by atoms with Crippen LogP contribution < -0.4 is 14.5 Å². The average Bonchev–Trinajstić information content (AvgIpc) is 3.50. The highest BCUT2D eigenvalue weighted by Crippen LogP contribution is 2.67. The molecule has 3 nitrogen and oxygen atoms in total. The maximum atomic E-state index is 6.69. The number of ether oxygens (including phenoxy) is 1. The fraction of sp³-hybridized carbons (Fsp3) is 0.0204. The lowest BCUT2D eigenvalue weighted by molar-refractivity contribution is 0.473. The Hall–Kier alpha value is -6.84. The number of benzene rings is 8.